The number of halogens is 1. The third-order valence-electron chi connectivity index (χ3n) is 2.01. The van der Waals surface area contributed by atoms with Crippen LogP contribution in [0.25, 0.3) is 0 Å². The van der Waals surface area contributed by atoms with Gasteiger partial charge in [0, 0.05) is 0 Å². The molecule has 1 saturated carbocycles. The summed E-state index contributed by atoms with van der Waals surface area (Å²) < 4.78 is 12.6. The Bertz CT molecular complexity index is 66.0. The van der Waals surface area contributed by atoms with E-state index in [9.17, 15) is 4.39 Å². The van der Waals surface area contributed by atoms with Gasteiger partial charge in [0.05, 0.1) is 0 Å². The van der Waals surface area contributed by atoms with Gasteiger partial charge in [-0.1, -0.05) is 33.6 Å². The molecule has 0 aromatic rings. The fourth-order valence-corrected chi connectivity index (χ4v) is 1.27. The molecule has 0 radical (unpaired) electrons. The Balaban J connectivity index is 0. The highest BCUT2D eigenvalue weighted by molar-refractivity contribution is 4.70. The molecule has 2 N–H and O–H groups in total. The Labute approximate surface area is 69.3 Å². The van der Waals surface area contributed by atoms with Gasteiger partial charge in [-0.15, -0.1) is 0 Å². The molecule has 0 spiro atoms. The number of alkyl halides is 1. The Morgan fingerprint density at radius 3 is 1.82 bits per heavy atom. The molecular formula is C9H21FO. The second kappa shape index (κ2) is 7.99. The minimum atomic E-state index is -0.497. The van der Waals surface area contributed by atoms with Crippen LogP contribution in [0, 0.1) is 5.92 Å². The zero-order valence-corrected chi connectivity index (χ0v) is 7.86. The summed E-state index contributed by atoms with van der Waals surface area (Å²) in [5, 5.41) is 0. The fraction of sp³-hybridized carbons (Fsp3) is 1.00. The Hall–Kier alpha value is -0.110. The molecule has 0 aliphatic heterocycles. The van der Waals surface area contributed by atoms with Gasteiger partial charge in [-0.2, -0.15) is 0 Å². The summed E-state index contributed by atoms with van der Waals surface area (Å²) in [4.78, 5) is 0. The summed E-state index contributed by atoms with van der Waals surface area (Å²) in [6.07, 6.45) is 3.75. The molecule has 2 unspecified atom stereocenters. The summed E-state index contributed by atoms with van der Waals surface area (Å²) >= 11 is 0. The van der Waals surface area contributed by atoms with E-state index in [-0.39, 0.29) is 5.48 Å². The maximum atomic E-state index is 12.6. The van der Waals surface area contributed by atoms with Crippen molar-refractivity contribution in [1.29, 1.82) is 0 Å². The van der Waals surface area contributed by atoms with Gasteiger partial charge in [-0.3, -0.25) is 0 Å². The van der Waals surface area contributed by atoms with Gasteiger partial charge in [-0.05, 0) is 18.8 Å². The number of hydrogen-bond acceptors (Lipinski definition) is 0. The maximum absolute atomic E-state index is 12.6. The van der Waals surface area contributed by atoms with Crippen molar-refractivity contribution in [3.05, 3.63) is 0 Å². The summed E-state index contributed by atoms with van der Waals surface area (Å²) in [7, 11) is 0. The molecule has 1 aliphatic rings. The largest absolute Gasteiger partial charge is 0.412 e. The zero-order chi connectivity index (χ0) is 7.98. The molecule has 0 aromatic heterocycles. The number of hydrogen-bond donors (Lipinski definition) is 0. The average molecular weight is 164 g/mol. The standard InChI is InChI=1S/C7H13F.C2H6.H2O/c1-6-4-2-3-5-7(6)8;1-2;/h6-7H,2-5H2,1H3;1-2H3;1H2. The Morgan fingerprint density at radius 2 is 1.55 bits per heavy atom. The van der Waals surface area contributed by atoms with E-state index < -0.39 is 6.17 Å². The van der Waals surface area contributed by atoms with Crippen molar-refractivity contribution >= 4 is 0 Å². The van der Waals surface area contributed by atoms with Gasteiger partial charge in [0.15, 0.2) is 0 Å². The first-order chi connectivity index (χ1) is 4.80. The van der Waals surface area contributed by atoms with Gasteiger partial charge in [0.25, 0.3) is 0 Å². The van der Waals surface area contributed by atoms with Crippen LogP contribution in [-0.4, -0.2) is 11.6 Å². The van der Waals surface area contributed by atoms with Crippen LogP contribution in [0.1, 0.15) is 46.5 Å². The SMILES string of the molecule is CC.CC1CCCCC1F.O. The highest BCUT2D eigenvalue weighted by Crippen LogP contribution is 2.25. The molecular weight excluding hydrogens is 143 g/mol. The van der Waals surface area contributed by atoms with Crippen LogP contribution in [0.15, 0.2) is 0 Å². The molecule has 2 heteroatoms. The van der Waals surface area contributed by atoms with Crippen LogP contribution in [0.4, 0.5) is 4.39 Å². The number of rotatable bonds is 0. The van der Waals surface area contributed by atoms with Gasteiger partial charge in [0.1, 0.15) is 6.17 Å². The highest BCUT2D eigenvalue weighted by Gasteiger charge is 2.19. The van der Waals surface area contributed by atoms with E-state index in [4.69, 9.17) is 0 Å². The van der Waals surface area contributed by atoms with Gasteiger partial charge < -0.3 is 5.48 Å². The topological polar surface area (TPSA) is 31.5 Å². The lowest BCUT2D eigenvalue weighted by Crippen LogP contribution is -2.16. The average Bonchev–Trinajstić information content (AvgIpc) is 2.00. The second-order valence-corrected chi connectivity index (χ2v) is 2.78. The van der Waals surface area contributed by atoms with Crippen LogP contribution >= 0.6 is 0 Å². The first kappa shape index (κ1) is 13.5. The van der Waals surface area contributed by atoms with Crippen molar-refractivity contribution in [2.24, 2.45) is 5.92 Å². The minimum absolute atomic E-state index is 0. The van der Waals surface area contributed by atoms with Gasteiger partial charge >= 0.3 is 0 Å². The lowest BCUT2D eigenvalue weighted by atomic mass is 9.89. The predicted octanol–water partition coefficient (Wildman–Crippen LogP) is 2.74. The van der Waals surface area contributed by atoms with Crippen LogP contribution in [0.3, 0.4) is 0 Å². The summed E-state index contributed by atoms with van der Waals surface area (Å²) in [5.74, 6) is 0.337. The molecule has 70 valence electrons. The molecule has 1 nitrogen and oxygen atoms in total. The van der Waals surface area contributed by atoms with Crippen molar-refractivity contribution in [2.45, 2.75) is 52.6 Å². The van der Waals surface area contributed by atoms with E-state index in [0.29, 0.717) is 5.92 Å². The predicted molar refractivity (Wildman–Crippen MR) is 47.5 cm³/mol. The molecule has 0 saturated heterocycles. The van der Waals surface area contributed by atoms with Crippen molar-refractivity contribution in [1.82, 2.24) is 0 Å². The first-order valence-electron chi connectivity index (χ1n) is 4.45. The summed E-state index contributed by atoms with van der Waals surface area (Å²) in [6.45, 7) is 6.00. The zero-order valence-electron chi connectivity index (χ0n) is 7.86. The van der Waals surface area contributed by atoms with E-state index in [1.54, 1.807) is 0 Å². The van der Waals surface area contributed by atoms with Crippen LogP contribution in [-0.2, 0) is 0 Å². The normalized spacial score (nSPS) is 29.5. The van der Waals surface area contributed by atoms with E-state index >= 15 is 0 Å². The van der Waals surface area contributed by atoms with Crippen LogP contribution in [0.2, 0.25) is 0 Å². The fourth-order valence-electron chi connectivity index (χ4n) is 1.27. The Morgan fingerprint density at radius 1 is 1.09 bits per heavy atom. The van der Waals surface area contributed by atoms with E-state index in [2.05, 4.69) is 0 Å². The van der Waals surface area contributed by atoms with E-state index in [1.165, 1.54) is 6.42 Å². The van der Waals surface area contributed by atoms with Crippen LogP contribution < -0.4 is 0 Å². The first-order valence-corrected chi connectivity index (χ1v) is 4.45. The smallest absolute Gasteiger partial charge is 0.103 e. The summed E-state index contributed by atoms with van der Waals surface area (Å²) in [6, 6.07) is 0. The molecule has 0 bridgehead atoms. The van der Waals surface area contributed by atoms with Crippen molar-refractivity contribution in [3.63, 3.8) is 0 Å². The molecule has 1 rings (SSSR count). The summed E-state index contributed by atoms with van der Waals surface area (Å²) in [5.41, 5.74) is 0. The van der Waals surface area contributed by atoms with E-state index in [1.807, 2.05) is 20.8 Å². The lowest BCUT2D eigenvalue weighted by molar-refractivity contribution is 0.179. The highest BCUT2D eigenvalue weighted by atomic mass is 19.1. The molecule has 0 heterocycles. The quantitative estimate of drug-likeness (QED) is 0.527. The van der Waals surface area contributed by atoms with Crippen molar-refractivity contribution in [2.75, 3.05) is 0 Å². The molecule has 11 heavy (non-hydrogen) atoms. The third-order valence-corrected chi connectivity index (χ3v) is 2.01. The minimum Gasteiger partial charge on any atom is -0.412 e. The second-order valence-electron chi connectivity index (χ2n) is 2.78. The third kappa shape index (κ3) is 5.19. The molecule has 1 aliphatic carbocycles. The monoisotopic (exact) mass is 164 g/mol. The molecule has 1 fully saturated rings. The van der Waals surface area contributed by atoms with Gasteiger partial charge in [-0.25, -0.2) is 4.39 Å². The molecule has 0 aromatic carbocycles. The molecule has 2 atom stereocenters. The van der Waals surface area contributed by atoms with E-state index in [0.717, 1.165) is 19.3 Å². The lowest BCUT2D eigenvalue weighted by Gasteiger charge is -2.21. The maximum Gasteiger partial charge on any atom is 0.103 e. The van der Waals surface area contributed by atoms with Crippen molar-refractivity contribution < 1.29 is 9.87 Å². The molecule has 0 amide bonds. The van der Waals surface area contributed by atoms with Gasteiger partial charge in [0.2, 0.25) is 0 Å². The van der Waals surface area contributed by atoms with Crippen LogP contribution in [0.5, 0.6) is 0 Å². The van der Waals surface area contributed by atoms with Crippen molar-refractivity contribution in [3.8, 4) is 0 Å². The Kier molecular flexibility index (Phi) is 9.79.